The molecular weight excluding hydrogens is 336 g/mol. The van der Waals surface area contributed by atoms with Crippen LogP contribution < -0.4 is 5.73 Å². The molecule has 0 aliphatic heterocycles. The van der Waals surface area contributed by atoms with Crippen molar-refractivity contribution in [2.45, 2.75) is 64.8 Å². The van der Waals surface area contributed by atoms with Gasteiger partial charge in [-0.3, -0.25) is 4.79 Å². The summed E-state index contributed by atoms with van der Waals surface area (Å²) in [7, 11) is 1.94. The van der Waals surface area contributed by atoms with Crippen molar-refractivity contribution in [3.05, 3.63) is 58.4 Å². The minimum absolute atomic E-state index is 0.0157. The maximum absolute atomic E-state index is 12.6. The fourth-order valence-corrected chi connectivity index (χ4v) is 3.62. The number of aliphatic hydroxyl groups is 1. The van der Waals surface area contributed by atoms with E-state index in [9.17, 15) is 9.90 Å². The number of carbonyl (C=O) groups excluding carboxylic acids is 1. The van der Waals surface area contributed by atoms with Gasteiger partial charge < -0.3 is 15.4 Å². The van der Waals surface area contributed by atoms with Crippen LogP contribution in [0, 0.1) is 13.8 Å². The standard InChI is InChI=1S/C23H34N2O2/c1-5-23(24,16-26)12-11-20-9-10-21(25(20)4)22(27)8-6-7-19-14-17(2)13-18(3)15-19/h9-10,13-15,26H,5-8,11-12,16,24H2,1-4H3. The molecule has 0 bridgehead atoms. The van der Waals surface area contributed by atoms with Crippen molar-refractivity contribution in [3.63, 3.8) is 0 Å². The first kappa shape index (κ1) is 21.4. The highest BCUT2D eigenvalue weighted by atomic mass is 16.3. The smallest absolute Gasteiger partial charge is 0.179 e. The van der Waals surface area contributed by atoms with Crippen molar-refractivity contribution in [1.82, 2.24) is 4.57 Å². The molecule has 0 aliphatic carbocycles. The lowest BCUT2D eigenvalue weighted by Crippen LogP contribution is -2.43. The van der Waals surface area contributed by atoms with Crippen LogP contribution in [0.2, 0.25) is 0 Å². The molecule has 4 heteroatoms. The Bertz CT molecular complexity index is 752. The van der Waals surface area contributed by atoms with Crippen molar-refractivity contribution in [1.29, 1.82) is 0 Å². The third-order valence-electron chi connectivity index (χ3n) is 5.56. The fourth-order valence-electron chi connectivity index (χ4n) is 3.62. The van der Waals surface area contributed by atoms with Gasteiger partial charge in [-0.05, 0) is 63.6 Å². The Labute approximate surface area is 163 Å². The number of aryl methyl sites for hydroxylation is 4. The van der Waals surface area contributed by atoms with Gasteiger partial charge in [0, 0.05) is 24.7 Å². The number of Topliss-reactive ketones (excluding diaryl/α,β-unsaturated/α-hetero) is 1. The van der Waals surface area contributed by atoms with Crippen LogP contribution in [0.15, 0.2) is 30.3 Å². The average Bonchev–Trinajstić information content (AvgIpc) is 2.99. The largest absolute Gasteiger partial charge is 0.394 e. The third kappa shape index (κ3) is 5.78. The van der Waals surface area contributed by atoms with Crippen molar-refractivity contribution >= 4 is 5.78 Å². The number of hydrogen-bond donors (Lipinski definition) is 2. The van der Waals surface area contributed by atoms with Gasteiger partial charge in [0.1, 0.15) is 0 Å². The van der Waals surface area contributed by atoms with Crippen LogP contribution in [0.4, 0.5) is 0 Å². The van der Waals surface area contributed by atoms with E-state index >= 15 is 0 Å². The summed E-state index contributed by atoms with van der Waals surface area (Å²) in [5.74, 6) is 0.185. The number of rotatable bonds is 10. The van der Waals surface area contributed by atoms with Crippen molar-refractivity contribution in [3.8, 4) is 0 Å². The predicted molar refractivity (Wildman–Crippen MR) is 111 cm³/mol. The minimum Gasteiger partial charge on any atom is -0.394 e. The zero-order valence-corrected chi connectivity index (χ0v) is 17.2. The monoisotopic (exact) mass is 370 g/mol. The highest BCUT2D eigenvalue weighted by Gasteiger charge is 2.22. The molecule has 1 atom stereocenters. The molecule has 0 spiro atoms. The Morgan fingerprint density at radius 2 is 1.81 bits per heavy atom. The molecule has 0 aliphatic rings. The highest BCUT2D eigenvalue weighted by Crippen LogP contribution is 2.19. The van der Waals surface area contributed by atoms with Gasteiger partial charge in [0.05, 0.1) is 12.3 Å². The number of aromatic nitrogens is 1. The molecule has 3 N–H and O–H groups in total. The molecule has 1 unspecified atom stereocenters. The second-order valence-corrected chi connectivity index (χ2v) is 7.92. The van der Waals surface area contributed by atoms with Crippen molar-refractivity contribution < 1.29 is 9.90 Å². The number of nitrogens with zero attached hydrogens (tertiary/aromatic N) is 1. The molecule has 1 aromatic carbocycles. The maximum Gasteiger partial charge on any atom is 0.179 e. The number of hydrogen-bond acceptors (Lipinski definition) is 3. The van der Waals surface area contributed by atoms with E-state index in [1.54, 1.807) is 0 Å². The molecule has 148 valence electrons. The summed E-state index contributed by atoms with van der Waals surface area (Å²) in [4.78, 5) is 12.6. The zero-order valence-electron chi connectivity index (χ0n) is 17.2. The molecule has 0 amide bonds. The zero-order chi connectivity index (χ0) is 20.0. The predicted octanol–water partition coefficient (Wildman–Crippen LogP) is 3.88. The Balaban J connectivity index is 1.92. The lowest BCUT2D eigenvalue weighted by molar-refractivity contribution is 0.0972. The van der Waals surface area contributed by atoms with E-state index in [0.29, 0.717) is 12.8 Å². The molecule has 2 rings (SSSR count). The molecule has 2 aromatic rings. The van der Waals surface area contributed by atoms with Crippen LogP contribution >= 0.6 is 0 Å². The van der Waals surface area contributed by atoms with Gasteiger partial charge in [0.25, 0.3) is 0 Å². The van der Waals surface area contributed by atoms with Crippen molar-refractivity contribution in [2.75, 3.05) is 6.61 Å². The van der Waals surface area contributed by atoms with Crippen LogP contribution in [0.1, 0.15) is 65.5 Å². The van der Waals surface area contributed by atoms with Gasteiger partial charge in [0.15, 0.2) is 5.78 Å². The maximum atomic E-state index is 12.6. The summed E-state index contributed by atoms with van der Waals surface area (Å²) < 4.78 is 1.98. The normalized spacial score (nSPS) is 13.6. The quantitative estimate of drug-likeness (QED) is 0.624. The molecule has 1 heterocycles. The lowest BCUT2D eigenvalue weighted by Gasteiger charge is -2.25. The Hall–Kier alpha value is -1.91. The van der Waals surface area contributed by atoms with Crippen LogP contribution in [0.5, 0.6) is 0 Å². The van der Waals surface area contributed by atoms with E-state index in [2.05, 4.69) is 32.0 Å². The van der Waals surface area contributed by atoms with E-state index in [-0.39, 0.29) is 12.4 Å². The van der Waals surface area contributed by atoms with Crippen LogP contribution in [0.25, 0.3) is 0 Å². The molecular formula is C23H34N2O2. The fraction of sp³-hybridized carbons (Fsp3) is 0.522. The van der Waals surface area contributed by atoms with Crippen molar-refractivity contribution in [2.24, 2.45) is 12.8 Å². The van der Waals surface area contributed by atoms with E-state index in [1.165, 1.54) is 16.7 Å². The molecule has 4 nitrogen and oxygen atoms in total. The first-order valence-electron chi connectivity index (χ1n) is 9.92. The van der Waals surface area contributed by atoms with Gasteiger partial charge in [-0.25, -0.2) is 0 Å². The van der Waals surface area contributed by atoms with E-state index < -0.39 is 5.54 Å². The molecule has 0 saturated carbocycles. The number of carbonyl (C=O) groups is 1. The van der Waals surface area contributed by atoms with Gasteiger partial charge in [-0.1, -0.05) is 36.2 Å². The summed E-state index contributed by atoms with van der Waals surface area (Å²) in [5, 5.41) is 9.47. The topological polar surface area (TPSA) is 68.2 Å². The Kier molecular flexibility index (Phi) is 7.40. The van der Waals surface area contributed by atoms with Gasteiger partial charge in [-0.15, -0.1) is 0 Å². The first-order chi connectivity index (χ1) is 12.8. The van der Waals surface area contributed by atoms with Crippen LogP contribution in [-0.4, -0.2) is 27.6 Å². The summed E-state index contributed by atoms with van der Waals surface area (Å²) in [6.45, 7) is 6.20. The second kappa shape index (κ2) is 9.34. The number of ketones is 1. The lowest BCUT2D eigenvalue weighted by atomic mass is 9.92. The number of nitrogens with two attached hydrogens (primary N) is 1. The van der Waals surface area contributed by atoms with Gasteiger partial charge in [-0.2, -0.15) is 0 Å². The van der Waals surface area contributed by atoms with E-state index in [4.69, 9.17) is 5.73 Å². The van der Waals surface area contributed by atoms with Crippen LogP contribution in [-0.2, 0) is 19.9 Å². The average molecular weight is 371 g/mol. The number of benzene rings is 1. The van der Waals surface area contributed by atoms with E-state index in [1.807, 2.05) is 30.7 Å². The molecule has 27 heavy (non-hydrogen) atoms. The summed E-state index contributed by atoms with van der Waals surface area (Å²) in [6, 6.07) is 10.5. The summed E-state index contributed by atoms with van der Waals surface area (Å²) >= 11 is 0. The second-order valence-electron chi connectivity index (χ2n) is 7.92. The molecule has 0 radical (unpaired) electrons. The minimum atomic E-state index is -0.541. The Morgan fingerprint density at radius 3 is 2.41 bits per heavy atom. The molecule has 0 saturated heterocycles. The van der Waals surface area contributed by atoms with E-state index in [0.717, 1.165) is 37.1 Å². The first-order valence-corrected chi connectivity index (χ1v) is 9.92. The Morgan fingerprint density at radius 1 is 1.15 bits per heavy atom. The molecule has 1 aromatic heterocycles. The summed E-state index contributed by atoms with van der Waals surface area (Å²) in [5.41, 5.74) is 11.3. The highest BCUT2D eigenvalue weighted by molar-refractivity contribution is 5.94. The van der Waals surface area contributed by atoms with Crippen LogP contribution in [0.3, 0.4) is 0 Å². The van der Waals surface area contributed by atoms with Gasteiger partial charge >= 0.3 is 0 Å². The summed E-state index contributed by atoms with van der Waals surface area (Å²) in [6.07, 6.45) is 4.53. The van der Waals surface area contributed by atoms with Gasteiger partial charge in [0.2, 0.25) is 0 Å². The SMILES string of the molecule is CCC(N)(CO)CCc1ccc(C(=O)CCCc2cc(C)cc(C)c2)n1C. The number of aliphatic hydroxyl groups excluding tert-OH is 1. The molecule has 0 fully saturated rings. The third-order valence-corrected chi connectivity index (χ3v) is 5.56.